The van der Waals surface area contributed by atoms with E-state index in [1.807, 2.05) is 18.2 Å². The highest BCUT2D eigenvalue weighted by molar-refractivity contribution is 9.10. The molecule has 0 spiro atoms. The van der Waals surface area contributed by atoms with Gasteiger partial charge in [-0.2, -0.15) is 0 Å². The van der Waals surface area contributed by atoms with Crippen molar-refractivity contribution in [1.82, 2.24) is 25.6 Å². The number of amides is 2. The van der Waals surface area contributed by atoms with E-state index in [4.69, 9.17) is 9.15 Å². The number of hydrogen-bond acceptors (Lipinski definition) is 7. The summed E-state index contributed by atoms with van der Waals surface area (Å²) in [6, 6.07) is 11.7. The van der Waals surface area contributed by atoms with Crippen molar-refractivity contribution in [3.05, 3.63) is 64.6 Å². The van der Waals surface area contributed by atoms with Crippen molar-refractivity contribution >= 4 is 38.9 Å². The Labute approximate surface area is 193 Å². The number of furan rings is 1. The van der Waals surface area contributed by atoms with E-state index in [-0.39, 0.29) is 6.61 Å². The number of nitrogens with zero attached hydrogens (tertiary/aromatic N) is 3. The molecule has 32 heavy (non-hydrogen) atoms. The number of hydrogen-bond donors (Lipinski definition) is 2. The summed E-state index contributed by atoms with van der Waals surface area (Å²) in [5.74, 6) is 0.497. The molecule has 10 heteroatoms. The monoisotopic (exact) mass is 501 g/mol. The van der Waals surface area contributed by atoms with Gasteiger partial charge in [-0.3, -0.25) is 25.0 Å². The fourth-order valence-electron chi connectivity index (χ4n) is 3.53. The van der Waals surface area contributed by atoms with Crippen molar-refractivity contribution in [3.63, 3.8) is 0 Å². The molecule has 9 nitrogen and oxygen atoms in total. The van der Waals surface area contributed by atoms with Gasteiger partial charge in [0.2, 0.25) is 0 Å². The number of halogens is 1. The topological polar surface area (TPSA) is 99.9 Å². The van der Waals surface area contributed by atoms with Crippen LogP contribution in [0.3, 0.4) is 0 Å². The number of hydrazine groups is 1. The van der Waals surface area contributed by atoms with Crippen LogP contribution in [0.4, 0.5) is 4.79 Å². The Morgan fingerprint density at radius 2 is 1.84 bits per heavy atom. The molecule has 0 saturated carbocycles. The van der Waals surface area contributed by atoms with E-state index < -0.39 is 12.0 Å². The third-order valence-electron chi connectivity index (χ3n) is 5.21. The van der Waals surface area contributed by atoms with E-state index in [9.17, 15) is 9.59 Å². The first-order chi connectivity index (χ1) is 15.6. The van der Waals surface area contributed by atoms with E-state index in [1.54, 1.807) is 12.3 Å². The van der Waals surface area contributed by atoms with Crippen LogP contribution in [0.15, 0.2) is 57.7 Å². The van der Waals surface area contributed by atoms with Crippen LogP contribution in [0.25, 0.3) is 11.0 Å². The molecule has 2 N–H and O–H groups in total. The minimum atomic E-state index is -0.704. The molecular formula is C22H24BrN5O4. The van der Waals surface area contributed by atoms with Crippen molar-refractivity contribution in [2.45, 2.75) is 6.54 Å². The lowest BCUT2D eigenvalue weighted by molar-refractivity contribution is 0.0831. The molecule has 3 aromatic rings. The number of ether oxygens (including phenoxy) is 1. The first-order valence-corrected chi connectivity index (χ1v) is 11.1. The zero-order chi connectivity index (χ0) is 22.3. The molecule has 3 heterocycles. The van der Waals surface area contributed by atoms with Crippen molar-refractivity contribution in [3.8, 4) is 0 Å². The van der Waals surface area contributed by atoms with E-state index in [0.717, 1.165) is 49.5 Å². The Morgan fingerprint density at radius 3 is 2.62 bits per heavy atom. The number of nitrogens with one attached hydrogen (secondary N) is 2. The molecule has 1 fully saturated rings. The molecule has 4 rings (SSSR count). The van der Waals surface area contributed by atoms with Crippen molar-refractivity contribution < 1.29 is 18.7 Å². The van der Waals surface area contributed by atoms with Gasteiger partial charge < -0.3 is 9.15 Å². The number of fused-ring (bicyclic) bond motifs is 1. The Bertz CT molecular complexity index is 1050. The van der Waals surface area contributed by atoms with E-state index >= 15 is 0 Å². The van der Waals surface area contributed by atoms with Gasteiger partial charge in [-0.15, -0.1) is 0 Å². The molecular weight excluding hydrogens is 478 g/mol. The maximum absolute atomic E-state index is 12.0. The maximum atomic E-state index is 12.0. The van der Waals surface area contributed by atoms with Gasteiger partial charge in [0.05, 0.1) is 12.1 Å². The fourth-order valence-corrected chi connectivity index (χ4v) is 3.89. The minimum Gasteiger partial charge on any atom is -0.460 e. The number of carbonyl (C=O) groups excluding carboxylic acids is 2. The van der Waals surface area contributed by atoms with Gasteiger partial charge in [0.1, 0.15) is 18.0 Å². The SMILES string of the molecule is O=C(NNC(=O)c1cncc(Br)c1)OCCN1CCN(Cc2cc3ccccc3o2)CC1. The van der Waals surface area contributed by atoms with Gasteiger partial charge in [0, 0.05) is 55.0 Å². The summed E-state index contributed by atoms with van der Waals surface area (Å²) < 4.78 is 11.7. The van der Waals surface area contributed by atoms with Gasteiger partial charge in [-0.05, 0) is 34.1 Å². The first-order valence-electron chi connectivity index (χ1n) is 10.3. The van der Waals surface area contributed by atoms with Gasteiger partial charge in [-0.25, -0.2) is 10.2 Å². The predicted octanol–water partition coefficient (Wildman–Crippen LogP) is 2.78. The van der Waals surface area contributed by atoms with Gasteiger partial charge >= 0.3 is 6.09 Å². The average molecular weight is 502 g/mol. The van der Waals surface area contributed by atoms with Crippen molar-refractivity contribution in [2.24, 2.45) is 0 Å². The standard InChI is InChI=1S/C22H24BrN5O4/c23-18-11-17(13-24-14-18)21(29)25-26-22(30)31-10-9-27-5-7-28(8-6-27)15-19-12-16-3-1-2-4-20(16)32-19/h1-4,11-14H,5-10,15H2,(H,25,29)(H,26,30). The molecule has 0 aliphatic carbocycles. The number of para-hydroxylation sites is 1. The zero-order valence-electron chi connectivity index (χ0n) is 17.4. The van der Waals surface area contributed by atoms with E-state index in [1.165, 1.54) is 6.20 Å². The molecule has 1 aromatic carbocycles. The molecule has 0 atom stereocenters. The summed E-state index contributed by atoms with van der Waals surface area (Å²) in [7, 11) is 0. The summed E-state index contributed by atoms with van der Waals surface area (Å²) in [6.45, 7) is 5.27. The number of pyridine rings is 1. The lowest BCUT2D eigenvalue weighted by Crippen LogP contribution is -2.47. The highest BCUT2D eigenvalue weighted by Crippen LogP contribution is 2.20. The van der Waals surface area contributed by atoms with Gasteiger partial charge in [0.25, 0.3) is 5.91 Å². The van der Waals surface area contributed by atoms with Crippen LogP contribution in [0.5, 0.6) is 0 Å². The van der Waals surface area contributed by atoms with Crippen LogP contribution in [0.2, 0.25) is 0 Å². The number of carbonyl (C=O) groups is 2. The van der Waals surface area contributed by atoms with Crippen LogP contribution in [0, 0.1) is 0 Å². The van der Waals surface area contributed by atoms with Crippen molar-refractivity contribution in [1.29, 1.82) is 0 Å². The molecule has 2 amide bonds. The van der Waals surface area contributed by atoms with Crippen LogP contribution >= 0.6 is 15.9 Å². The Morgan fingerprint density at radius 1 is 1.06 bits per heavy atom. The highest BCUT2D eigenvalue weighted by Gasteiger charge is 2.18. The van der Waals surface area contributed by atoms with Crippen LogP contribution in [0.1, 0.15) is 16.1 Å². The second-order valence-corrected chi connectivity index (χ2v) is 8.39. The Balaban J connectivity index is 1.11. The smallest absolute Gasteiger partial charge is 0.426 e. The first kappa shape index (κ1) is 22.3. The molecule has 0 radical (unpaired) electrons. The third kappa shape index (κ3) is 6.06. The molecule has 168 valence electrons. The zero-order valence-corrected chi connectivity index (χ0v) is 19.0. The van der Waals surface area contributed by atoms with Crippen molar-refractivity contribution in [2.75, 3.05) is 39.3 Å². The summed E-state index contributed by atoms with van der Waals surface area (Å²) in [5.41, 5.74) is 5.78. The largest absolute Gasteiger partial charge is 0.460 e. The predicted molar refractivity (Wildman–Crippen MR) is 122 cm³/mol. The number of piperazine rings is 1. The summed E-state index contributed by atoms with van der Waals surface area (Å²) in [4.78, 5) is 32.3. The fraction of sp³-hybridized carbons (Fsp3) is 0.318. The molecule has 2 aromatic heterocycles. The number of aromatic nitrogens is 1. The van der Waals surface area contributed by atoms with E-state index in [0.29, 0.717) is 16.6 Å². The minimum absolute atomic E-state index is 0.240. The van der Waals surface area contributed by atoms with Crippen LogP contribution in [-0.4, -0.2) is 66.1 Å². The quantitative estimate of drug-likeness (QED) is 0.500. The normalized spacial score (nSPS) is 14.9. The summed E-state index contributed by atoms with van der Waals surface area (Å²) in [6.07, 6.45) is 2.27. The van der Waals surface area contributed by atoms with Gasteiger partial charge in [0.15, 0.2) is 0 Å². The second kappa shape index (κ2) is 10.6. The van der Waals surface area contributed by atoms with Crippen LogP contribution in [-0.2, 0) is 11.3 Å². The molecule has 1 aliphatic rings. The Hall–Kier alpha value is -2.95. The second-order valence-electron chi connectivity index (χ2n) is 7.48. The average Bonchev–Trinajstić information content (AvgIpc) is 3.21. The summed E-state index contributed by atoms with van der Waals surface area (Å²) >= 11 is 3.24. The number of rotatable bonds is 6. The Kier molecular flexibility index (Phi) is 7.35. The lowest BCUT2D eigenvalue weighted by atomic mass is 10.2. The molecule has 0 unspecified atom stereocenters. The lowest BCUT2D eigenvalue weighted by Gasteiger charge is -2.33. The number of benzene rings is 1. The highest BCUT2D eigenvalue weighted by atomic mass is 79.9. The van der Waals surface area contributed by atoms with E-state index in [2.05, 4.69) is 53.7 Å². The maximum Gasteiger partial charge on any atom is 0.426 e. The molecule has 1 saturated heterocycles. The molecule has 0 bridgehead atoms. The molecule has 1 aliphatic heterocycles. The van der Waals surface area contributed by atoms with Gasteiger partial charge in [-0.1, -0.05) is 18.2 Å². The third-order valence-corrected chi connectivity index (χ3v) is 5.64. The summed E-state index contributed by atoms with van der Waals surface area (Å²) in [5, 5.41) is 1.13. The van der Waals surface area contributed by atoms with Crippen LogP contribution < -0.4 is 10.9 Å².